The molecule has 2 heterocycles. The zero-order valence-corrected chi connectivity index (χ0v) is 9.49. The van der Waals surface area contributed by atoms with Gasteiger partial charge < -0.3 is 0 Å². The number of carbonyl (C=O) groups is 1. The Balaban J connectivity index is 2.24. The standard InChI is InChI=1S/C8H12N4O3S/c1-5-2-7(11-10-5)12-4-6(3-8(12)13)16(9,14)15/h2,6H,3-4H2,1H3,(H,10,11)(H2,9,14,15). The Morgan fingerprint density at radius 2 is 2.31 bits per heavy atom. The first kappa shape index (κ1) is 11.1. The average Bonchev–Trinajstić information content (AvgIpc) is 2.70. The summed E-state index contributed by atoms with van der Waals surface area (Å²) >= 11 is 0. The van der Waals surface area contributed by atoms with Gasteiger partial charge in [-0.2, -0.15) is 5.10 Å². The first-order valence-electron chi connectivity index (χ1n) is 4.72. The van der Waals surface area contributed by atoms with Crippen LogP contribution >= 0.6 is 0 Å². The van der Waals surface area contributed by atoms with Crippen LogP contribution in [0.3, 0.4) is 0 Å². The smallest absolute Gasteiger partial charge is 0.229 e. The Morgan fingerprint density at radius 1 is 1.62 bits per heavy atom. The Bertz CT molecular complexity index is 521. The van der Waals surface area contributed by atoms with E-state index < -0.39 is 15.3 Å². The largest absolute Gasteiger partial charge is 0.294 e. The molecule has 8 heteroatoms. The number of rotatable bonds is 2. The lowest BCUT2D eigenvalue weighted by atomic mass is 10.4. The molecule has 0 aliphatic carbocycles. The maximum atomic E-state index is 11.6. The predicted molar refractivity (Wildman–Crippen MR) is 57.2 cm³/mol. The molecule has 0 bridgehead atoms. The van der Waals surface area contributed by atoms with Gasteiger partial charge in [-0.25, -0.2) is 13.6 Å². The fraction of sp³-hybridized carbons (Fsp3) is 0.500. The number of sulfonamides is 1. The number of aromatic amines is 1. The average molecular weight is 244 g/mol. The molecular formula is C8H12N4O3S. The summed E-state index contributed by atoms with van der Waals surface area (Å²) in [6, 6.07) is 1.68. The lowest BCUT2D eigenvalue weighted by molar-refractivity contribution is -0.117. The molecule has 0 spiro atoms. The van der Waals surface area contributed by atoms with Gasteiger partial charge in [0.1, 0.15) is 5.25 Å². The minimum atomic E-state index is -3.67. The molecule has 1 aliphatic heterocycles. The predicted octanol–water partition coefficient (Wildman–Crippen LogP) is -0.888. The quantitative estimate of drug-likeness (QED) is 0.703. The number of nitrogens with one attached hydrogen (secondary N) is 1. The normalized spacial score (nSPS) is 21.8. The van der Waals surface area contributed by atoms with Crippen molar-refractivity contribution < 1.29 is 13.2 Å². The van der Waals surface area contributed by atoms with Gasteiger partial charge in [-0.15, -0.1) is 0 Å². The fourth-order valence-electron chi connectivity index (χ4n) is 1.66. The third-order valence-corrected chi connectivity index (χ3v) is 3.77. The van der Waals surface area contributed by atoms with Gasteiger partial charge in [0.15, 0.2) is 5.82 Å². The van der Waals surface area contributed by atoms with Gasteiger partial charge in [0.05, 0.1) is 0 Å². The minimum absolute atomic E-state index is 0.0714. The van der Waals surface area contributed by atoms with E-state index in [2.05, 4.69) is 10.2 Å². The molecule has 0 aromatic carbocycles. The summed E-state index contributed by atoms with van der Waals surface area (Å²) in [7, 11) is -3.67. The molecule has 1 aliphatic rings. The van der Waals surface area contributed by atoms with Crippen LogP contribution in [-0.4, -0.2) is 36.3 Å². The summed E-state index contributed by atoms with van der Waals surface area (Å²) < 4.78 is 22.3. The van der Waals surface area contributed by atoms with E-state index in [-0.39, 0.29) is 18.9 Å². The Kier molecular flexibility index (Phi) is 2.47. The molecule has 1 unspecified atom stereocenters. The van der Waals surface area contributed by atoms with E-state index in [0.29, 0.717) is 5.82 Å². The number of carbonyl (C=O) groups excluding carboxylic acids is 1. The summed E-state index contributed by atoms with van der Waals surface area (Å²) in [5.41, 5.74) is 0.807. The van der Waals surface area contributed by atoms with E-state index in [9.17, 15) is 13.2 Å². The van der Waals surface area contributed by atoms with E-state index in [1.807, 2.05) is 0 Å². The van der Waals surface area contributed by atoms with Crippen LogP contribution in [0.15, 0.2) is 6.07 Å². The summed E-state index contributed by atoms with van der Waals surface area (Å²) in [6.07, 6.45) is -0.0786. The van der Waals surface area contributed by atoms with Gasteiger partial charge in [-0.05, 0) is 6.92 Å². The number of aromatic nitrogens is 2. The summed E-state index contributed by atoms with van der Waals surface area (Å²) in [6.45, 7) is 1.87. The van der Waals surface area contributed by atoms with Crippen molar-refractivity contribution in [1.29, 1.82) is 0 Å². The Hall–Kier alpha value is -1.41. The van der Waals surface area contributed by atoms with Gasteiger partial charge in [0, 0.05) is 24.7 Å². The zero-order valence-electron chi connectivity index (χ0n) is 8.67. The van der Waals surface area contributed by atoms with E-state index >= 15 is 0 Å². The van der Waals surface area contributed by atoms with Crippen LogP contribution in [-0.2, 0) is 14.8 Å². The molecule has 1 fully saturated rings. The molecule has 0 radical (unpaired) electrons. The number of amides is 1. The first-order valence-corrected chi connectivity index (χ1v) is 6.33. The number of hydrogen-bond donors (Lipinski definition) is 2. The lowest BCUT2D eigenvalue weighted by Gasteiger charge is -2.11. The molecule has 2 rings (SSSR count). The highest BCUT2D eigenvalue weighted by atomic mass is 32.2. The number of H-pyrrole nitrogens is 1. The Labute approximate surface area is 92.7 Å². The number of aryl methyl sites for hydroxylation is 1. The highest BCUT2D eigenvalue weighted by Crippen LogP contribution is 2.22. The number of nitrogens with two attached hydrogens (primary N) is 1. The molecule has 7 nitrogen and oxygen atoms in total. The zero-order chi connectivity index (χ0) is 11.9. The van der Waals surface area contributed by atoms with Crippen molar-refractivity contribution in [2.75, 3.05) is 11.4 Å². The molecule has 88 valence electrons. The van der Waals surface area contributed by atoms with Crippen LogP contribution in [0.2, 0.25) is 0 Å². The van der Waals surface area contributed by atoms with Crippen LogP contribution < -0.4 is 10.0 Å². The number of nitrogens with zero attached hydrogens (tertiary/aromatic N) is 2. The van der Waals surface area contributed by atoms with Gasteiger partial charge in [0.2, 0.25) is 15.9 Å². The van der Waals surface area contributed by atoms with E-state index in [4.69, 9.17) is 5.14 Å². The van der Waals surface area contributed by atoms with Crippen LogP contribution in [0.5, 0.6) is 0 Å². The minimum Gasteiger partial charge on any atom is -0.294 e. The van der Waals surface area contributed by atoms with Crippen LogP contribution in [0.1, 0.15) is 12.1 Å². The highest BCUT2D eigenvalue weighted by molar-refractivity contribution is 7.89. The SMILES string of the molecule is Cc1cc(N2CC(S(N)(=O)=O)CC2=O)n[nH]1. The summed E-state index contributed by atoms with van der Waals surface area (Å²) in [5, 5.41) is 10.8. The van der Waals surface area contributed by atoms with Crippen LogP contribution in [0, 0.1) is 6.92 Å². The second kappa shape index (κ2) is 3.56. The Morgan fingerprint density at radius 3 is 2.75 bits per heavy atom. The van der Waals surface area contributed by atoms with Gasteiger partial charge in [-0.1, -0.05) is 0 Å². The van der Waals surface area contributed by atoms with Crippen molar-refractivity contribution in [3.8, 4) is 0 Å². The number of hydrogen-bond acceptors (Lipinski definition) is 4. The first-order chi connectivity index (χ1) is 7.38. The van der Waals surface area contributed by atoms with Gasteiger partial charge in [0.25, 0.3) is 0 Å². The number of anilines is 1. The van der Waals surface area contributed by atoms with E-state index in [1.54, 1.807) is 13.0 Å². The monoisotopic (exact) mass is 244 g/mol. The van der Waals surface area contributed by atoms with Crippen LogP contribution in [0.25, 0.3) is 0 Å². The topological polar surface area (TPSA) is 109 Å². The van der Waals surface area contributed by atoms with Crippen molar-refractivity contribution >= 4 is 21.7 Å². The van der Waals surface area contributed by atoms with Crippen LogP contribution in [0.4, 0.5) is 5.82 Å². The van der Waals surface area contributed by atoms with E-state index in [1.165, 1.54) is 4.90 Å². The van der Waals surface area contributed by atoms with Gasteiger partial charge in [-0.3, -0.25) is 14.8 Å². The molecule has 1 aromatic heterocycles. The van der Waals surface area contributed by atoms with Crippen molar-refractivity contribution in [3.63, 3.8) is 0 Å². The lowest BCUT2D eigenvalue weighted by Crippen LogP contribution is -2.32. The molecule has 1 amide bonds. The van der Waals surface area contributed by atoms with E-state index in [0.717, 1.165) is 5.69 Å². The molecule has 0 saturated carbocycles. The second-order valence-corrected chi connectivity index (χ2v) is 5.67. The molecular weight excluding hydrogens is 232 g/mol. The highest BCUT2D eigenvalue weighted by Gasteiger charge is 2.37. The molecule has 1 saturated heterocycles. The molecule has 1 atom stereocenters. The summed E-state index contributed by atoms with van der Waals surface area (Å²) in [5.74, 6) is 0.166. The molecule has 16 heavy (non-hydrogen) atoms. The maximum Gasteiger partial charge on any atom is 0.229 e. The third-order valence-electron chi connectivity index (χ3n) is 2.52. The van der Waals surface area contributed by atoms with Gasteiger partial charge >= 0.3 is 0 Å². The third kappa shape index (κ3) is 1.93. The molecule has 3 N–H and O–H groups in total. The van der Waals surface area contributed by atoms with Crippen molar-refractivity contribution in [1.82, 2.24) is 10.2 Å². The van der Waals surface area contributed by atoms with Crippen molar-refractivity contribution in [2.24, 2.45) is 5.14 Å². The molecule has 1 aromatic rings. The van der Waals surface area contributed by atoms with Crippen molar-refractivity contribution in [2.45, 2.75) is 18.6 Å². The maximum absolute atomic E-state index is 11.6. The summed E-state index contributed by atoms with van der Waals surface area (Å²) in [4.78, 5) is 12.9. The number of primary sulfonamides is 1. The second-order valence-electron chi connectivity index (χ2n) is 3.83. The fourth-order valence-corrected chi connectivity index (χ4v) is 2.39. The van der Waals surface area contributed by atoms with Crippen molar-refractivity contribution in [3.05, 3.63) is 11.8 Å².